The van der Waals surface area contributed by atoms with Crippen LogP contribution < -0.4 is 14.8 Å². The molecule has 10 heteroatoms. The molecule has 1 heterocycles. The molecule has 1 aromatic heterocycles. The Morgan fingerprint density at radius 1 is 1.47 bits per heavy atom. The van der Waals surface area contributed by atoms with Gasteiger partial charge in [0.2, 0.25) is 0 Å². The molecule has 84 valence electrons. The molecule has 0 aliphatic rings. The second kappa shape index (κ2) is 5.46. The molecule has 0 fully saturated rings. The molecule has 0 amide bonds. The van der Waals surface area contributed by atoms with Crippen molar-refractivity contribution in [2.45, 2.75) is 0 Å². The normalized spacial score (nSPS) is 10.1. The van der Waals surface area contributed by atoms with E-state index in [1.807, 2.05) is 0 Å². The van der Waals surface area contributed by atoms with E-state index in [1.54, 1.807) is 0 Å². The van der Waals surface area contributed by atoms with Gasteiger partial charge in [0.05, 0.1) is 4.92 Å². The van der Waals surface area contributed by atoms with E-state index in [2.05, 4.69) is 4.98 Å². The number of nitro groups is 1. The molecule has 0 aliphatic heterocycles. The number of H-pyrrole nitrogens is 1. The number of hydrogen-bond acceptors (Lipinski definition) is 5. The number of hydrogen-bond donors (Lipinski definition) is 3. The Morgan fingerprint density at radius 2 is 1.93 bits per heavy atom. The standard InChI is InChI=1S/C5H5N3O2.AsH3O4/c6-5-2-1-4(3-7-5)8(9)10;2-1(3,4)5/h1-3H,(H2,6,7);(H3,2,3,4,5). The molecule has 0 aliphatic carbocycles. The second-order valence-corrected chi connectivity index (χ2v) is 4.31. The van der Waals surface area contributed by atoms with Gasteiger partial charge in [-0.25, -0.2) is 4.98 Å². The van der Waals surface area contributed by atoms with Crippen molar-refractivity contribution in [3.8, 4) is 0 Å². The van der Waals surface area contributed by atoms with Gasteiger partial charge in [-0.1, -0.05) is 0 Å². The zero-order valence-corrected chi connectivity index (χ0v) is 9.11. The van der Waals surface area contributed by atoms with Crippen LogP contribution >= 0.6 is 0 Å². The molecular weight excluding hydrogens is 273 g/mol. The van der Waals surface area contributed by atoms with Gasteiger partial charge in [-0.05, 0) is 0 Å². The third kappa shape index (κ3) is 8.91. The van der Waals surface area contributed by atoms with Crippen molar-refractivity contribution in [1.82, 2.24) is 0 Å². The molecular formula is C5H8AsN3O6. The summed E-state index contributed by atoms with van der Waals surface area (Å²) in [5.74, 6) is 0.408. The molecule has 5 N–H and O–H groups in total. The fourth-order valence-electron chi connectivity index (χ4n) is 0.542. The summed E-state index contributed by atoms with van der Waals surface area (Å²) in [5.41, 5.74) is 5.26. The van der Waals surface area contributed by atoms with Crippen LogP contribution in [0.25, 0.3) is 0 Å². The SMILES string of the molecule is Nc1ccc([N+](=O)[O-])c[nH+]1.O=[As]([O-])(O)O. The van der Waals surface area contributed by atoms with Crippen molar-refractivity contribution in [3.63, 3.8) is 0 Å². The third-order valence-corrected chi connectivity index (χ3v) is 1.03. The Hall–Kier alpha value is -1.41. The number of anilines is 1. The van der Waals surface area contributed by atoms with E-state index >= 15 is 0 Å². The Balaban J connectivity index is 0.000000336. The van der Waals surface area contributed by atoms with Gasteiger partial charge < -0.3 is 0 Å². The van der Waals surface area contributed by atoms with Crippen molar-refractivity contribution >= 4 is 26.0 Å². The number of nitrogens with one attached hydrogen (secondary N) is 1. The van der Waals surface area contributed by atoms with E-state index in [0.29, 0.717) is 5.82 Å². The molecule has 15 heavy (non-hydrogen) atoms. The first-order valence-electron chi connectivity index (χ1n) is 3.38. The van der Waals surface area contributed by atoms with E-state index < -0.39 is 19.4 Å². The van der Waals surface area contributed by atoms with Crippen molar-refractivity contribution in [1.29, 1.82) is 0 Å². The Bertz CT molecular complexity index is 365. The predicted molar refractivity (Wildman–Crippen MR) is 44.9 cm³/mol. The fourth-order valence-corrected chi connectivity index (χ4v) is 0.542. The van der Waals surface area contributed by atoms with Crippen molar-refractivity contribution in [2.75, 3.05) is 5.73 Å². The summed E-state index contributed by atoms with van der Waals surface area (Å²) < 4.78 is 31.9. The molecule has 0 atom stereocenters. The van der Waals surface area contributed by atoms with E-state index in [-0.39, 0.29) is 5.69 Å². The summed E-state index contributed by atoms with van der Waals surface area (Å²) in [6.45, 7) is 0. The predicted octanol–water partition coefficient (Wildman–Crippen LogP) is -2.81. The molecule has 1 aromatic rings. The molecule has 0 unspecified atom stereocenters. The van der Waals surface area contributed by atoms with E-state index in [9.17, 15) is 10.1 Å². The van der Waals surface area contributed by atoms with Gasteiger partial charge in [-0.15, -0.1) is 0 Å². The monoisotopic (exact) mass is 281 g/mol. The maximum absolute atomic E-state index is 10.1. The molecule has 0 bridgehead atoms. The molecule has 0 aromatic carbocycles. The third-order valence-electron chi connectivity index (χ3n) is 1.03. The number of nitrogens with zero attached hydrogens (tertiary/aromatic N) is 1. The van der Waals surface area contributed by atoms with Gasteiger partial charge in [0, 0.05) is 12.1 Å². The van der Waals surface area contributed by atoms with E-state index in [1.165, 1.54) is 18.3 Å². The summed E-state index contributed by atoms with van der Waals surface area (Å²) in [6, 6.07) is 2.78. The van der Waals surface area contributed by atoms with Crippen LogP contribution in [0.1, 0.15) is 0 Å². The van der Waals surface area contributed by atoms with E-state index in [0.717, 1.165) is 0 Å². The molecule has 9 nitrogen and oxygen atoms in total. The second-order valence-electron chi connectivity index (χ2n) is 2.25. The Labute approximate surface area is 86.7 Å². The summed E-state index contributed by atoms with van der Waals surface area (Å²) in [5, 5.41) is 10.1. The Kier molecular flexibility index (Phi) is 4.95. The summed E-state index contributed by atoms with van der Waals surface area (Å²) in [4.78, 5) is 12.1. The van der Waals surface area contributed by atoms with Crippen LogP contribution in [0.2, 0.25) is 0 Å². The van der Waals surface area contributed by atoms with Crippen LogP contribution in [-0.4, -0.2) is 27.6 Å². The van der Waals surface area contributed by atoms with Crippen LogP contribution in [0.5, 0.6) is 0 Å². The summed E-state index contributed by atoms with van der Waals surface area (Å²) in [6.07, 6.45) is 1.25. The van der Waals surface area contributed by atoms with Gasteiger partial charge in [0.1, 0.15) is 0 Å². The van der Waals surface area contributed by atoms with Crippen LogP contribution in [0.3, 0.4) is 0 Å². The molecule has 0 saturated heterocycles. The number of nitrogens with two attached hydrogens (primary N) is 1. The molecule has 0 radical (unpaired) electrons. The first-order valence-corrected chi connectivity index (χ1v) is 6.59. The number of aromatic amines is 1. The molecule has 0 spiro atoms. The minimum absolute atomic E-state index is 0.00852. The number of rotatable bonds is 1. The summed E-state index contributed by atoms with van der Waals surface area (Å²) in [7, 11) is 0. The van der Waals surface area contributed by atoms with Crippen molar-refractivity contribution in [3.05, 3.63) is 28.4 Å². The topological polar surface area (TPSA) is 164 Å². The minimum atomic E-state index is -5.38. The molecule has 0 saturated carbocycles. The first-order chi connectivity index (χ1) is 6.70. The van der Waals surface area contributed by atoms with Crippen LogP contribution in [0, 0.1) is 10.1 Å². The van der Waals surface area contributed by atoms with Gasteiger partial charge in [-0.3, -0.25) is 15.8 Å². The summed E-state index contributed by atoms with van der Waals surface area (Å²) >= 11 is -5.38. The van der Waals surface area contributed by atoms with Crippen molar-refractivity contribution < 1.29 is 25.9 Å². The van der Waals surface area contributed by atoms with Crippen molar-refractivity contribution in [2.24, 2.45) is 0 Å². The van der Waals surface area contributed by atoms with Gasteiger partial charge in [0.15, 0.2) is 6.20 Å². The van der Waals surface area contributed by atoms with Crippen LogP contribution in [0.15, 0.2) is 18.3 Å². The number of pyridine rings is 1. The average Bonchev–Trinajstić information content (AvgIpc) is 2.01. The maximum atomic E-state index is 10.1. The fraction of sp³-hybridized carbons (Fsp3) is 0. The van der Waals surface area contributed by atoms with Gasteiger partial charge in [-0.2, -0.15) is 0 Å². The molecule has 1 rings (SSSR count). The number of nitrogen functional groups attached to an aromatic ring is 1. The van der Waals surface area contributed by atoms with E-state index in [4.69, 9.17) is 21.8 Å². The Morgan fingerprint density at radius 3 is 2.20 bits per heavy atom. The number of aromatic nitrogens is 1. The zero-order chi connectivity index (χ0) is 12.1. The average molecular weight is 281 g/mol. The van der Waals surface area contributed by atoms with Crippen LogP contribution in [0.4, 0.5) is 11.5 Å². The van der Waals surface area contributed by atoms with Gasteiger partial charge >= 0.3 is 36.2 Å². The first kappa shape index (κ1) is 13.6. The zero-order valence-electron chi connectivity index (χ0n) is 7.23. The quantitative estimate of drug-likeness (QED) is 0.284. The van der Waals surface area contributed by atoms with Crippen LogP contribution in [-0.2, 0) is 3.74 Å². The van der Waals surface area contributed by atoms with Gasteiger partial charge in [0.25, 0.3) is 5.82 Å².